The number of hydrogen-bond acceptors (Lipinski definition) is 4. The maximum atomic E-state index is 13.0. The second-order valence-electron chi connectivity index (χ2n) is 4.05. The van der Waals surface area contributed by atoms with Crippen molar-refractivity contribution in [2.24, 2.45) is 0 Å². The number of halogens is 1. The normalized spacial score (nSPS) is 11.1. The molecular formula is C13H11FN2O3S. The molecule has 0 aliphatic heterocycles. The highest BCUT2D eigenvalue weighted by Gasteiger charge is 2.18. The molecule has 1 heterocycles. The van der Waals surface area contributed by atoms with Crippen LogP contribution in [-0.4, -0.2) is 19.2 Å². The van der Waals surface area contributed by atoms with Crippen molar-refractivity contribution in [2.75, 3.05) is 4.72 Å². The van der Waals surface area contributed by atoms with Crippen LogP contribution in [0.15, 0.2) is 47.6 Å². The molecule has 0 bridgehead atoms. The summed E-state index contributed by atoms with van der Waals surface area (Å²) in [7, 11) is -4.00. The van der Waals surface area contributed by atoms with Crippen molar-refractivity contribution in [2.45, 2.75) is 11.8 Å². The van der Waals surface area contributed by atoms with Crippen LogP contribution in [0.4, 0.5) is 10.1 Å². The lowest BCUT2D eigenvalue weighted by atomic mass is 10.1. The number of nitrogens with one attached hydrogen (secondary N) is 1. The zero-order valence-electron chi connectivity index (χ0n) is 10.5. The van der Waals surface area contributed by atoms with E-state index < -0.39 is 15.8 Å². The van der Waals surface area contributed by atoms with Crippen molar-refractivity contribution in [1.82, 2.24) is 4.98 Å². The molecular weight excluding hydrogens is 283 g/mol. The quantitative estimate of drug-likeness (QED) is 0.877. The van der Waals surface area contributed by atoms with E-state index in [-0.39, 0.29) is 21.9 Å². The Bertz CT molecular complexity index is 760. The molecule has 104 valence electrons. The van der Waals surface area contributed by atoms with Gasteiger partial charge in [0, 0.05) is 11.8 Å². The molecule has 0 saturated carbocycles. The maximum absolute atomic E-state index is 13.0. The molecule has 2 rings (SSSR count). The summed E-state index contributed by atoms with van der Waals surface area (Å²) in [6.07, 6.45) is 1.93. The van der Waals surface area contributed by atoms with Crippen molar-refractivity contribution in [3.05, 3.63) is 54.1 Å². The lowest BCUT2D eigenvalue weighted by Gasteiger charge is -2.10. The summed E-state index contributed by atoms with van der Waals surface area (Å²) in [6.45, 7) is 1.33. The van der Waals surface area contributed by atoms with Crippen LogP contribution in [0.3, 0.4) is 0 Å². The van der Waals surface area contributed by atoms with Crippen LogP contribution in [-0.2, 0) is 10.0 Å². The number of para-hydroxylation sites is 1. The van der Waals surface area contributed by atoms with Crippen LogP contribution < -0.4 is 4.72 Å². The number of carbonyl (C=O) groups is 1. The van der Waals surface area contributed by atoms with Gasteiger partial charge >= 0.3 is 0 Å². The van der Waals surface area contributed by atoms with Crippen molar-refractivity contribution < 1.29 is 17.6 Å². The standard InChI is InChI=1S/C13H11FN2O3S/c1-9(17)12-4-2-3-5-13(12)16-20(18,19)11-6-10(14)7-15-8-11/h2-8,16H,1H3. The minimum absolute atomic E-state index is 0.143. The lowest BCUT2D eigenvalue weighted by Crippen LogP contribution is -2.15. The van der Waals surface area contributed by atoms with Gasteiger partial charge < -0.3 is 0 Å². The highest BCUT2D eigenvalue weighted by Crippen LogP contribution is 2.20. The third kappa shape index (κ3) is 3.00. The molecule has 0 atom stereocenters. The molecule has 1 N–H and O–H groups in total. The topological polar surface area (TPSA) is 76.1 Å². The number of pyridine rings is 1. The second-order valence-corrected chi connectivity index (χ2v) is 5.73. The van der Waals surface area contributed by atoms with Gasteiger partial charge in [-0.05, 0) is 25.1 Å². The Morgan fingerprint density at radius 3 is 2.60 bits per heavy atom. The zero-order chi connectivity index (χ0) is 14.8. The minimum Gasteiger partial charge on any atom is -0.294 e. The molecule has 5 nitrogen and oxygen atoms in total. The fraction of sp³-hybridized carbons (Fsp3) is 0.0769. The van der Waals surface area contributed by atoms with Gasteiger partial charge in [0.15, 0.2) is 5.78 Å². The molecule has 1 aromatic heterocycles. The summed E-state index contributed by atoms with van der Waals surface area (Å²) in [4.78, 5) is 14.6. The van der Waals surface area contributed by atoms with E-state index in [9.17, 15) is 17.6 Å². The number of ketones is 1. The van der Waals surface area contributed by atoms with Crippen LogP contribution in [0, 0.1) is 5.82 Å². The van der Waals surface area contributed by atoms with Crippen LogP contribution in [0.5, 0.6) is 0 Å². The highest BCUT2D eigenvalue weighted by atomic mass is 32.2. The molecule has 0 radical (unpaired) electrons. The van der Waals surface area contributed by atoms with Gasteiger partial charge in [0.2, 0.25) is 0 Å². The fourth-order valence-corrected chi connectivity index (χ4v) is 2.67. The molecule has 20 heavy (non-hydrogen) atoms. The first-order valence-corrected chi connectivity index (χ1v) is 7.12. The third-order valence-electron chi connectivity index (χ3n) is 2.54. The first kappa shape index (κ1) is 14.1. The van der Waals surface area contributed by atoms with E-state index >= 15 is 0 Å². The first-order chi connectivity index (χ1) is 9.40. The van der Waals surface area contributed by atoms with Crippen LogP contribution in [0.25, 0.3) is 0 Å². The molecule has 2 aromatic rings. The smallest absolute Gasteiger partial charge is 0.263 e. The molecule has 0 saturated heterocycles. The van der Waals surface area contributed by atoms with Crippen molar-refractivity contribution >= 4 is 21.5 Å². The van der Waals surface area contributed by atoms with E-state index in [2.05, 4.69) is 9.71 Å². The molecule has 0 spiro atoms. The van der Waals surface area contributed by atoms with Gasteiger partial charge in [0.25, 0.3) is 10.0 Å². The Hall–Kier alpha value is -2.28. The number of nitrogens with zero attached hydrogens (tertiary/aromatic N) is 1. The number of carbonyl (C=O) groups excluding carboxylic acids is 1. The third-order valence-corrected chi connectivity index (χ3v) is 3.87. The number of rotatable bonds is 4. The summed E-state index contributed by atoms with van der Waals surface area (Å²) in [5.41, 5.74) is 0.379. The summed E-state index contributed by atoms with van der Waals surface area (Å²) in [5.74, 6) is -1.03. The summed E-state index contributed by atoms with van der Waals surface area (Å²) < 4.78 is 39.5. The van der Waals surface area contributed by atoms with E-state index in [1.165, 1.54) is 19.1 Å². The van der Waals surface area contributed by atoms with Gasteiger partial charge in [-0.1, -0.05) is 12.1 Å². The summed E-state index contributed by atoms with van der Waals surface area (Å²) in [5, 5.41) is 0. The SMILES string of the molecule is CC(=O)c1ccccc1NS(=O)(=O)c1cncc(F)c1. The number of aromatic nitrogens is 1. The second kappa shape index (κ2) is 5.38. The summed E-state index contributed by atoms with van der Waals surface area (Å²) >= 11 is 0. The van der Waals surface area contributed by atoms with Gasteiger partial charge in [-0.2, -0.15) is 0 Å². The van der Waals surface area contributed by atoms with Crippen molar-refractivity contribution in [3.63, 3.8) is 0 Å². The van der Waals surface area contributed by atoms with Crippen LogP contribution in [0.2, 0.25) is 0 Å². The fourth-order valence-electron chi connectivity index (χ4n) is 1.62. The Labute approximate surface area is 115 Å². The van der Waals surface area contributed by atoms with E-state index in [0.717, 1.165) is 18.5 Å². The van der Waals surface area contributed by atoms with E-state index in [0.29, 0.717) is 0 Å². The monoisotopic (exact) mass is 294 g/mol. The van der Waals surface area contributed by atoms with E-state index in [1.54, 1.807) is 12.1 Å². The number of anilines is 1. The lowest BCUT2D eigenvalue weighted by molar-refractivity contribution is 0.101. The molecule has 7 heteroatoms. The Balaban J connectivity index is 2.41. The largest absolute Gasteiger partial charge is 0.294 e. The Morgan fingerprint density at radius 1 is 1.25 bits per heavy atom. The molecule has 0 unspecified atom stereocenters. The predicted octanol–water partition coefficient (Wildman–Crippen LogP) is 2.22. The Morgan fingerprint density at radius 2 is 1.95 bits per heavy atom. The van der Waals surface area contributed by atoms with Gasteiger partial charge in [-0.15, -0.1) is 0 Å². The summed E-state index contributed by atoms with van der Waals surface area (Å²) in [6, 6.07) is 7.03. The van der Waals surface area contributed by atoms with Crippen molar-refractivity contribution in [3.8, 4) is 0 Å². The molecule has 0 fully saturated rings. The van der Waals surface area contributed by atoms with E-state index in [1.807, 2.05) is 0 Å². The van der Waals surface area contributed by atoms with Crippen LogP contribution >= 0.6 is 0 Å². The Kier molecular flexibility index (Phi) is 3.80. The maximum Gasteiger partial charge on any atom is 0.263 e. The predicted molar refractivity (Wildman–Crippen MR) is 71.5 cm³/mol. The van der Waals surface area contributed by atoms with Gasteiger partial charge in [0.1, 0.15) is 10.7 Å². The van der Waals surface area contributed by atoms with Gasteiger partial charge in [-0.3, -0.25) is 14.5 Å². The minimum atomic E-state index is -4.00. The average Bonchev–Trinajstić information content (AvgIpc) is 2.38. The van der Waals surface area contributed by atoms with Gasteiger partial charge in [-0.25, -0.2) is 12.8 Å². The number of benzene rings is 1. The average molecular weight is 294 g/mol. The zero-order valence-corrected chi connectivity index (χ0v) is 11.3. The highest BCUT2D eigenvalue weighted by molar-refractivity contribution is 7.92. The number of hydrogen-bond donors (Lipinski definition) is 1. The first-order valence-electron chi connectivity index (χ1n) is 5.63. The number of Topliss-reactive ketones (excluding diaryl/α,β-unsaturated/α-hetero) is 1. The number of sulfonamides is 1. The van der Waals surface area contributed by atoms with Crippen LogP contribution in [0.1, 0.15) is 17.3 Å². The molecule has 0 aliphatic carbocycles. The van der Waals surface area contributed by atoms with Gasteiger partial charge in [0.05, 0.1) is 11.9 Å². The molecule has 0 aliphatic rings. The molecule has 1 aromatic carbocycles. The van der Waals surface area contributed by atoms with Crippen molar-refractivity contribution in [1.29, 1.82) is 0 Å². The molecule has 0 amide bonds. The van der Waals surface area contributed by atoms with E-state index in [4.69, 9.17) is 0 Å².